The van der Waals surface area contributed by atoms with Crippen molar-refractivity contribution in [3.05, 3.63) is 100 Å². The number of methoxy groups -OCH3 is 1. The van der Waals surface area contributed by atoms with Crippen molar-refractivity contribution in [2.45, 2.75) is 20.5 Å². The van der Waals surface area contributed by atoms with Gasteiger partial charge in [-0.3, -0.25) is 0 Å². The van der Waals surface area contributed by atoms with E-state index in [1.165, 1.54) is 5.56 Å². The van der Waals surface area contributed by atoms with Crippen LogP contribution in [0.2, 0.25) is 0 Å². The highest BCUT2D eigenvalue weighted by Crippen LogP contribution is 2.30. The Bertz CT molecular complexity index is 1180. The molecule has 5 nitrogen and oxygen atoms in total. The number of aryl methyl sites for hydroxylation is 2. The first-order valence-corrected chi connectivity index (χ1v) is 9.98. The summed E-state index contributed by atoms with van der Waals surface area (Å²) in [5.74, 6) is 1.05. The Morgan fingerprint density at radius 2 is 1.74 bits per heavy atom. The van der Waals surface area contributed by atoms with Crippen molar-refractivity contribution in [1.29, 1.82) is 0 Å². The topological polar surface area (TPSA) is 57.1 Å². The van der Waals surface area contributed by atoms with E-state index in [9.17, 15) is 4.79 Å². The van der Waals surface area contributed by atoms with Gasteiger partial charge in [0, 0.05) is 5.56 Å². The average molecular weight is 413 g/mol. The zero-order valence-electron chi connectivity index (χ0n) is 17.7. The van der Waals surface area contributed by atoms with Crippen LogP contribution in [0.1, 0.15) is 27.8 Å². The summed E-state index contributed by atoms with van der Waals surface area (Å²) < 4.78 is 16.8. The largest absolute Gasteiger partial charge is 0.493 e. The molecular formula is C26H23NO4. The highest BCUT2D eigenvalue weighted by Gasteiger charge is 2.25. The lowest BCUT2D eigenvalue weighted by Gasteiger charge is -2.11. The van der Waals surface area contributed by atoms with Crippen molar-refractivity contribution >= 4 is 17.9 Å². The number of carbonyl (C=O) groups excluding carboxylic acids is 1. The number of carbonyl (C=O) groups is 1. The van der Waals surface area contributed by atoms with Crippen molar-refractivity contribution in [3.8, 4) is 11.5 Å². The van der Waals surface area contributed by atoms with E-state index in [1.54, 1.807) is 13.2 Å². The number of esters is 1. The molecule has 0 atom stereocenters. The minimum absolute atomic E-state index is 0.244. The van der Waals surface area contributed by atoms with Gasteiger partial charge in [0.25, 0.3) is 0 Å². The number of ether oxygens (including phenoxy) is 3. The molecule has 5 heteroatoms. The summed E-state index contributed by atoms with van der Waals surface area (Å²) in [6.07, 6.45) is 1.68. The number of rotatable bonds is 6. The van der Waals surface area contributed by atoms with Crippen molar-refractivity contribution in [2.24, 2.45) is 4.99 Å². The van der Waals surface area contributed by atoms with Gasteiger partial charge in [-0.15, -0.1) is 0 Å². The predicted octanol–water partition coefficient (Wildman–Crippen LogP) is 5.24. The lowest BCUT2D eigenvalue weighted by Crippen LogP contribution is -2.06. The van der Waals surface area contributed by atoms with Gasteiger partial charge < -0.3 is 14.2 Å². The first-order valence-electron chi connectivity index (χ1n) is 9.98. The Kier molecular flexibility index (Phi) is 5.85. The minimum atomic E-state index is -0.475. The molecule has 1 aliphatic rings. The molecule has 1 heterocycles. The van der Waals surface area contributed by atoms with E-state index in [1.807, 2.05) is 61.5 Å². The predicted molar refractivity (Wildman–Crippen MR) is 120 cm³/mol. The van der Waals surface area contributed by atoms with E-state index in [4.69, 9.17) is 14.2 Å². The molecule has 0 N–H and O–H groups in total. The zero-order valence-corrected chi connectivity index (χ0v) is 17.7. The van der Waals surface area contributed by atoms with Gasteiger partial charge >= 0.3 is 5.97 Å². The third-order valence-electron chi connectivity index (χ3n) is 5.00. The lowest BCUT2D eigenvalue weighted by atomic mass is 10.1. The molecular weight excluding hydrogens is 390 g/mol. The van der Waals surface area contributed by atoms with Crippen LogP contribution in [0, 0.1) is 13.8 Å². The fraction of sp³-hybridized carbons (Fsp3) is 0.154. The molecule has 0 bridgehead atoms. The van der Waals surface area contributed by atoms with Gasteiger partial charge in [-0.25, -0.2) is 9.79 Å². The summed E-state index contributed by atoms with van der Waals surface area (Å²) in [6, 6.07) is 21.3. The molecule has 0 spiro atoms. The first-order chi connectivity index (χ1) is 15.0. The molecule has 156 valence electrons. The zero-order chi connectivity index (χ0) is 21.8. The van der Waals surface area contributed by atoms with E-state index in [-0.39, 0.29) is 5.70 Å². The van der Waals surface area contributed by atoms with Crippen LogP contribution >= 0.6 is 0 Å². The van der Waals surface area contributed by atoms with E-state index in [0.29, 0.717) is 24.0 Å². The third-order valence-corrected chi connectivity index (χ3v) is 5.00. The standard InChI is InChI=1S/C26H23NO4/c1-17-8-10-19(11-9-17)16-30-23-13-12-20(15-24(23)29-3)14-22-26(28)31-25(27-22)21-7-5-4-6-18(21)2/h4-15H,16H2,1-3H3/b22-14-. The maximum atomic E-state index is 12.3. The number of nitrogens with zero attached hydrogens (tertiary/aromatic N) is 1. The Morgan fingerprint density at radius 3 is 2.48 bits per heavy atom. The molecule has 3 aromatic carbocycles. The van der Waals surface area contributed by atoms with Crippen LogP contribution in [0.3, 0.4) is 0 Å². The molecule has 0 radical (unpaired) electrons. The molecule has 0 saturated heterocycles. The van der Waals surface area contributed by atoms with Crippen LogP contribution in [-0.4, -0.2) is 19.0 Å². The third kappa shape index (κ3) is 4.67. The molecule has 0 amide bonds. The van der Waals surface area contributed by atoms with Crippen LogP contribution in [0.25, 0.3) is 6.08 Å². The second kappa shape index (κ2) is 8.88. The number of hydrogen-bond donors (Lipinski definition) is 0. The highest BCUT2D eigenvalue weighted by atomic mass is 16.6. The van der Waals surface area contributed by atoms with Gasteiger partial charge in [0.05, 0.1) is 7.11 Å². The van der Waals surface area contributed by atoms with Crippen LogP contribution in [-0.2, 0) is 16.1 Å². The molecule has 0 saturated carbocycles. The number of hydrogen-bond acceptors (Lipinski definition) is 5. The maximum Gasteiger partial charge on any atom is 0.363 e. The smallest absolute Gasteiger partial charge is 0.363 e. The second-order valence-electron chi connectivity index (χ2n) is 7.34. The van der Waals surface area contributed by atoms with Crippen molar-refractivity contribution in [3.63, 3.8) is 0 Å². The van der Waals surface area contributed by atoms with Crippen LogP contribution < -0.4 is 9.47 Å². The summed E-state index contributed by atoms with van der Waals surface area (Å²) in [4.78, 5) is 16.7. The fourth-order valence-electron chi connectivity index (χ4n) is 3.23. The van der Waals surface area contributed by atoms with Crippen molar-refractivity contribution in [2.75, 3.05) is 7.11 Å². The fourth-order valence-corrected chi connectivity index (χ4v) is 3.23. The Morgan fingerprint density at radius 1 is 0.968 bits per heavy atom. The summed E-state index contributed by atoms with van der Waals surface area (Å²) in [7, 11) is 1.59. The molecule has 0 unspecified atom stereocenters. The maximum absolute atomic E-state index is 12.3. The molecule has 0 aromatic heterocycles. The van der Waals surface area contributed by atoms with E-state index >= 15 is 0 Å². The summed E-state index contributed by atoms with van der Waals surface area (Å²) in [6.45, 7) is 4.44. The second-order valence-corrected chi connectivity index (χ2v) is 7.34. The van der Waals surface area contributed by atoms with Crippen molar-refractivity contribution < 1.29 is 19.0 Å². The number of aliphatic imine (C=N–C) groups is 1. The number of cyclic esters (lactones) is 1. The van der Waals surface area contributed by atoms with Gasteiger partial charge in [0.15, 0.2) is 17.2 Å². The first kappa shape index (κ1) is 20.4. The monoisotopic (exact) mass is 413 g/mol. The van der Waals surface area contributed by atoms with E-state index in [2.05, 4.69) is 24.0 Å². The summed E-state index contributed by atoms with van der Waals surface area (Å²) >= 11 is 0. The molecule has 1 aliphatic heterocycles. The van der Waals surface area contributed by atoms with Crippen LogP contribution in [0.15, 0.2) is 77.4 Å². The average Bonchev–Trinajstić information content (AvgIpc) is 3.14. The Labute approximate surface area is 181 Å². The Balaban J connectivity index is 1.54. The van der Waals surface area contributed by atoms with E-state index in [0.717, 1.165) is 22.3 Å². The van der Waals surface area contributed by atoms with E-state index < -0.39 is 5.97 Å². The molecule has 0 fully saturated rings. The van der Waals surface area contributed by atoms with Gasteiger partial charge in [0.2, 0.25) is 5.90 Å². The van der Waals surface area contributed by atoms with Gasteiger partial charge in [-0.1, -0.05) is 54.1 Å². The molecule has 3 aromatic rings. The van der Waals surface area contributed by atoms with Crippen LogP contribution in [0.5, 0.6) is 11.5 Å². The normalized spacial score (nSPS) is 14.4. The van der Waals surface area contributed by atoms with Gasteiger partial charge in [-0.05, 0) is 54.8 Å². The lowest BCUT2D eigenvalue weighted by molar-refractivity contribution is -0.129. The number of benzene rings is 3. The summed E-state index contributed by atoms with van der Waals surface area (Å²) in [5.41, 5.74) is 5.08. The molecule has 0 aliphatic carbocycles. The van der Waals surface area contributed by atoms with Crippen LogP contribution in [0.4, 0.5) is 0 Å². The summed E-state index contributed by atoms with van der Waals surface area (Å²) in [5, 5.41) is 0. The minimum Gasteiger partial charge on any atom is -0.493 e. The highest BCUT2D eigenvalue weighted by molar-refractivity contribution is 6.13. The van der Waals surface area contributed by atoms with Crippen molar-refractivity contribution in [1.82, 2.24) is 0 Å². The van der Waals surface area contributed by atoms with Gasteiger partial charge in [-0.2, -0.15) is 0 Å². The quantitative estimate of drug-likeness (QED) is 0.410. The van der Waals surface area contributed by atoms with Gasteiger partial charge in [0.1, 0.15) is 6.61 Å². The SMILES string of the molecule is COc1cc(/C=C2\N=C(c3ccccc3C)OC2=O)ccc1OCc1ccc(C)cc1. The molecule has 31 heavy (non-hydrogen) atoms. The Hall–Kier alpha value is -3.86. The molecule has 4 rings (SSSR count).